The first-order chi connectivity index (χ1) is 8.85. The Morgan fingerprint density at radius 2 is 2.06 bits per heavy atom. The molecule has 4 nitrogen and oxygen atoms in total. The van der Waals surface area contributed by atoms with Gasteiger partial charge in [-0.3, -0.25) is 0 Å². The minimum Gasteiger partial charge on any atom is -0.497 e. The highest BCUT2D eigenvalue weighted by atomic mass is 32.1. The highest BCUT2D eigenvalue weighted by Crippen LogP contribution is 2.28. The third-order valence-corrected chi connectivity index (χ3v) is 3.90. The summed E-state index contributed by atoms with van der Waals surface area (Å²) in [6, 6.07) is 7.58. The highest BCUT2D eigenvalue weighted by Gasteiger charge is 2.16. The van der Waals surface area contributed by atoms with Crippen LogP contribution >= 0.6 is 11.3 Å². The molecule has 18 heavy (non-hydrogen) atoms. The van der Waals surface area contributed by atoms with Crippen molar-refractivity contribution in [1.82, 2.24) is 4.98 Å². The number of nitrogens with one attached hydrogen (secondary N) is 1. The summed E-state index contributed by atoms with van der Waals surface area (Å²) < 4.78 is 10.8. The van der Waals surface area contributed by atoms with Gasteiger partial charge in [-0.05, 0) is 24.3 Å². The van der Waals surface area contributed by atoms with Gasteiger partial charge in [0, 0.05) is 13.0 Å². The fraction of sp³-hybridized carbons (Fsp3) is 0.308. The SMILES string of the molecule is COc1ccc(OCc2nc3c(s2)CCN3)cc1. The average Bonchev–Trinajstić information content (AvgIpc) is 2.97. The number of fused-ring (bicyclic) bond motifs is 1. The molecule has 0 fully saturated rings. The molecule has 0 saturated carbocycles. The van der Waals surface area contributed by atoms with E-state index in [2.05, 4.69) is 10.3 Å². The summed E-state index contributed by atoms with van der Waals surface area (Å²) in [6.45, 7) is 1.53. The van der Waals surface area contributed by atoms with Crippen LogP contribution in [0.1, 0.15) is 9.88 Å². The molecule has 1 aromatic heterocycles. The van der Waals surface area contributed by atoms with E-state index >= 15 is 0 Å². The lowest BCUT2D eigenvalue weighted by atomic mass is 10.3. The van der Waals surface area contributed by atoms with Crippen LogP contribution in [-0.2, 0) is 13.0 Å². The normalized spacial score (nSPS) is 12.9. The van der Waals surface area contributed by atoms with Crippen LogP contribution in [-0.4, -0.2) is 18.6 Å². The molecule has 0 amide bonds. The molecule has 0 bridgehead atoms. The van der Waals surface area contributed by atoms with Crippen molar-refractivity contribution in [2.75, 3.05) is 19.0 Å². The number of anilines is 1. The minimum absolute atomic E-state index is 0.520. The lowest BCUT2D eigenvalue weighted by Crippen LogP contribution is -1.98. The maximum absolute atomic E-state index is 5.69. The molecule has 0 spiro atoms. The lowest BCUT2D eigenvalue weighted by Gasteiger charge is -2.05. The van der Waals surface area contributed by atoms with E-state index < -0.39 is 0 Å². The zero-order valence-corrected chi connectivity index (χ0v) is 10.9. The number of aromatic nitrogens is 1. The lowest BCUT2D eigenvalue weighted by molar-refractivity contribution is 0.305. The van der Waals surface area contributed by atoms with Crippen LogP contribution in [0.4, 0.5) is 5.82 Å². The molecule has 3 rings (SSSR count). The first-order valence-electron chi connectivity index (χ1n) is 5.84. The summed E-state index contributed by atoms with van der Waals surface area (Å²) in [6.07, 6.45) is 1.08. The van der Waals surface area contributed by atoms with E-state index in [1.165, 1.54) is 4.88 Å². The Morgan fingerprint density at radius 3 is 2.78 bits per heavy atom. The van der Waals surface area contributed by atoms with E-state index in [-0.39, 0.29) is 0 Å². The number of hydrogen-bond donors (Lipinski definition) is 1. The molecule has 94 valence electrons. The Morgan fingerprint density at radius 1 is 1.28 bits per heavy atom. The van der Waals surface area contributed by atoms with E-state index in [1.54, 1.807) is 18.4 Å². The van der Waals surface area contributed by atoms with Gasteiger partial charge in [0.2, 0.25) is 0 Å². The monoisotopic (exact) mass is 262 g/mol. The van der Waals surface area contributed by atoms with E-state index in [9.17, 15) is 0 Å². The fourth-order valence-electron chi connectivity index (χ4n) is 1.88. The van der Waals surface area contributed by atoms with Crippen molar-refractivity contribution in [1.29, 1.82) is 0 Å². The van der Waals surface area contributed by atoms with Gasteiger partial charge in [0.15, 0.2) is 0 Å². The molecule has 5 heteroatoms. The van der Waals surface area contributed by atoms with E-state index in [0.29, 0.717) is 6.61 Å². The molecule has 1 N–H and O–H groups in total. The predicted octanol–water partition coefficient (Wildman–Crippen LogP) is 2.70. The van der Waals surface area contributed by atoms with Gasteiger partial charge in [-0.25, -0.2) is 4.98 Å². The van der Waals surface area contributed by atoms with E-state index in [4.69, 9.17) is 9.47 Å². The Kier molecular flexibility index (Phi) is 3.06. The van der Waals surface area contributed by atoms with Crippen molar-refractivity contribution in [2.45, 2.75) is 13.0 Å². The van der Waals surface area contributed by atoms with Gasteiger partial charge in [0.1, 0.15) is 28.9 Å². The number of rotatable bonds is 4. The number of thiazole rings is 1. The van der Waals surface area contributed by atoms with Gasteiger partial charge in [0.25, 0.3) is 0 Å². The van der Waals surface area contributed by atoms with Crippen molar-refractivity contribution in [3.63, 3.8) is 0 Å². The first-order valence-corrected chi connectivity index (χ1v) is 6.66. The minimum atomic E-state index is 0.520. The van der Waals surface area contributed by atoms with Crippen molar-refractivity contribution in [3.8, 4) is 11.5 Å². The number of hydrogen-bond acceptors (Lipinski definition) is 5. The molecule has 1 aliphatic heterocycles. The van der Waals surface area contributed by atoms with Crippen LogP contribution in [0, 0.1) is 0 Å². The van der Waals surface area contributed by atoms with Crippen LogP contribution in [0.15, 0.2) is 24.3 Å². The first kappa shape index (κ1) is 11.3. The molecular weight excluding hydrogens is 248 g/mol. The van der Waals surface area contributed by atoms with Crippen LogP contribution < -0.4 is 14.8 Å². The van der Waals surface area contributed by atoms with E-state index in [0.717, 1.165) is 35.3 Å². The average molecular weight is 262 g/mol. The largest absolute Gasteiger partial charge is 0.497 e. The number of nitrogens with zero attached hydrogens (tertiary/aromatic N) is 1. The third-order valence-electron chi connectivity index (χ3n) is 2.81. The van der Waals surface area contributed by atoms with Crippen LogP contribution in [0.3, 0.4) is 0 Å². The van der Waals surface area contributed by atoms with E-state index in [1.807, 2.05) is 24.3 Å². The number of methoxy groups -OCH3 is 1. The summed E-state index contributed by atoms with van der Waals surface area (Å²) in [5.74, 6) is 2.70. The molecule has 0 radical (unpaired) electrons. The highest BCUT2D eigenvalue weighted by molar-refractivity contribution is 7.12. The predicted molar refractivity (Wildman–Crippen MR) is 71.6 cm³/mol. The van der Waals surface area contributed by atoms with Crippen molar-refractivity contribution >= 4 is 17.2 Å². The summed E-state index contributed by atoms with van der Waals surface area (Å²) in [7, 11) is 1.65. The topological polar surface area (TPSA) is 43.4 Å². The molecule has 0 aliphatic carbocycles. The summed E-state index contributed by atoms with van der Waals surface area (Å²) >= 11 is 1.73. The van der Waals surface area contributed by atoms with Gasteiger partial charge >= 0.3 is 0 Å². The van der Waals surface area contributed by atoms with Gasteiger partial charge in [-0.15, -0.1) is 11.3 Å². The second kappa shape index (κ2) is 4.86. The molecule has 2 aromatic rings. The van der Waals surface area contributed by atoms with Crippen molar-refractivity contribution in [2.24, 2.45) is 0 Å². The zero-order chi connectivity index (χ0) is 12.4. The van der Waals surface area contributed by atoms with Crippen LogP contribution in [0.25, 0.3) is 0 Å². The quantitative estimate of drug-likeness (QED) is 0.920. The van der Waals surface area contributed by atoms with Crippen molar-refractivity contribution in [3.05, 3.63) is 34.2 Å². The second-order valence-corrected chi connectivity index (χ2v) is 5.19. The van der Waals surface area contributed by atoms with Gasteiger partial charge in [0.05, 0.1) is 12.0 Å². The summed E-state index contributed by atoms with van der Waals surface area (Å²) in [5.41, 5.74) is 0. The molecule has 1 aliphatic rings. The second-order valence-electron chi connectivity index (χ2n) is 4.02. The molecule has 2 heterocycles. The Bertz CT molecular complexity index is 515. The van der Waals surface area contributed by atoms with Crippen molar-refractivity contribution < 1.29 is 9.47 Å². The molecular formula is C13H14N2O2S. The Hall–Kier alpha value is -1.75. The van der Waals surface area contributed by atoms with Gasteiger partial charge in [-0.2, -0.15) is 0 Å². The Balaban J connectivity index is 1.62. The standard InChI is InChI=1S/C13H14N2O2S/c1-16-9-2-4-10(5-3-9)17-8-12-15-13-11(18-12)6-7-14-13/h2-5,14H,6-8H2,1H3. The summed E-state index contributed by atoms with van der Waals surface area (Å²) in [5, 5.41) is 4.28. The fourth-order valence-corrected chi connectivity index (χ4v) is 2.84. The number of benzene rings is 1. The summed E-state index contributed by atoms with van der Waals surface area (Å²) in [4.78, 5) is 5.83. The zero-order valence-electron chi connectivity index (χ0n) is 10.1. The number of ether oxygens (including phenoxy) is 2. The smallest absolute Gasteiger partial charge is 0.140 e. The maximum atomic E-state index is 5.69. The Labute approximate surface area is 110 Å². The maximum Gasteiger partial charge on any atom is 0.140 e. The third kappa shape index (κ3) is 2.26. The van der Waals surface area contributed by atoms with Crippen LogP contribution in [0.2, 0.25) is 0 Å². The van der Waals surface area contributed by atoms with Gasteiger partial charge in [-0.1, -0.05) is 0 Å². The van der Waals surface area contributed by atoms with Crippen LogP contribution in [0.5, 0.6) is 11.5 Å². The van der Waals surface area contributed by atoms with Gasteiger partial charge < -0.3 is 14.8 Å². The molecule has 0 saturated heterocycles. The molecule has 0 atom stereocenters. The molecule has 1 aromatic carbocycles. The molecule has 0 unspecified atom stereocenters.